The zero-order valence-electron chi connectivity index (χ0n) is 15.7. The SMILES string of the molecule is Cc1ccc(C(=O)N2CCC(C(=O)c3ccc4c(c3)OCCO4)CC2)cc1F. The standard InChI is InChI=1S/C22H22FNO4/c1-14-2-3-17(12-18(14)23)22(26)24-8-6-15(7-9-24)21(25)16-4-5-19-20(13-16)28-11-10-27-19/h2-5,12-13,15H,6-11H2,1H3. The number of hydrogen-bond acceptors (Lipinski definition) is 4. The van der Waals surface area contributed by atoms with Crippen LogP contribution in [0.15, 0.2) is 36.4 Å². The summed E-state index contributed by atoms with van der Waals surface area (Å²) >= 11 is 0. The molecular formula is C22H22FNO4. The lowest BCUT2D eigenvalue weighted by atomic mass is 9.88. The van der Waals surface area contributed by atoms with Gasteiger partial charge in [0.2, 0.25) is 0 Å². The van der Waals surface area contributed by atoms with E-state index in [9.17, 15) is 14.0 Å². The van der Waals surface area contributed by atoms with Gasteiger partial charge in [0.15, 0.2) is 17.3 Å². The minimum atomic E-state index is -0.380. The Balaban J connectivity index is 1.40. The first-order chi connectivity index (χ1) is 13.5. The summed E-state index contributed by atoms with van der Waals surface area (Å²) in [6.07, 6.45) is 1.18. The molecule has 0 radical (unpaired) electrons. The second-order valence-electron chi connectivity index (χ2n) is 7.25. The maximum atomic E-state index is 13.7. The number of rotatable bonds is 3. The number of Topliss-reactive ketones (excluding diaryl/α,β-unsaturated/α-hetero) is 1. The molecule has 0 aliphatic carbocycles. The fourth-order valence-corrected chi connectivity index (χ4v) is 3.69. The van der Waals surface area contributed by atoms with Gasteiger partial charge < -0.3 is 14.4 Å². The molecule has 2 aromatic rings. The highest BCUT2D eigenvalue weighted by molar-refractivity contribution is 5.99. The van der Waals surface area contributed by atoms with Gasteiger partial charge in [-0.1, -0.05) is 6.07 Å². The molecule has 0 atom stereocenters. The third kappa shape index (κ3) is 3.59. The lowest BCUT2D eigenvalue weighted by Gasteiger charge is -2.31. The van der Waals surface area contributed by atoms with E-state index in [2.05, 4.69) is 0 Å². The van der Waals surface area contributed by atoms with E-state index in [1.54, 1.807) is 42.2 Å². The second kappa shape index (κ2) is 7.62. The first-order valence-electron chi connectivity index (χ1n) is 9.52. The Morgan fingerprint density at radius 3 is 2.36 bits per heavy atom. The number of nitrogens with zero attached hydrogens (tertiary/aromatic N) is 1. The number of hydrogen-bond donors (Lipinski definition) is 0. The highest BCUT2D eigenvalue weighted by Crippen LogP contribution is 2.32. The van der Waals surface area contributed by atoms with Crippen LogP contribution in [0.1, 0.15) is 39.1 Å². The molecule has 0 spiro atoms. The van der Waals surface area contributed by atoms with Gasteiger partial charge in [-0.3, -0.25) is 9.59 Å². The molecule has 146 valence electrons. The van der Waals surface area contributed by atoms with Gasteiger partial charge in [0, 0.05) is 30.1 Å². The maximum absolute atomic E-state index is 13.7. The first kappa shape index (κ1) is 18.5. The smallest absolute Gasteiger partial charge is 0.253 e. The molecule has 2 aliphatic rings. The zero-order valence-corrected chi connectivity index (χ0v) is 15.7. The van der Waals surface area contributed by atoms with E-state index in [4.69, 9.17) is 9.47 Å². The molecule has 28 heavy (non-hydrogen) atoms. The number of carbonyl (C=O) groups is 2. The maximum Gasteiger partial charge on any atom is 0.253 e. The summed E-state index contributed by atoms with van der Waals surface area (Å²) in [5.74, 6) is 0.616. The van der Waals surface area contributed by atoms with Crippen molar-refractivity contribution in [1.82, 2.24) is 4.90 Å². The molecule has 4 rings (SSSR count). The van der Waals surface area contributed by atoms with Crippen LogP contribution in [-0.4, -0.2) is 42.9 Å². The summed E-state index contributed by atoms with van der Waals surface area (Å²) in [7, 11) is 0. The molecule has 2 aliphatic heterocycles. The molecule has 0 saturated carbocycles. The topological polar surface area (TPSA) is 55.8 Å². The van der Waals surface area contributed by atoms with Crippen molar-refractivity contribution in [3.05, 3.63) is 58.9 Å². The normalized spacial score (nSPS) is 16.7. The van der Waals surface area contributed by atoms with E-state index in [1.807, 2.05) is 0 Å². The van der Waals surface area contributed by atoms with Crippen LogP contribution in [0.3, 0.4) is 0 Å². The fraction of sp³-hybridized carbons (Fsp3) is 0.364. The largest absolute Gasteiger partial charge is 0.486 e. The van der Waals surface area contributed by atoms with Gasteiger partial charge in [0.05, 0.1) is 0 Å². The van der Waals surface area contributed by atoms with Gasteiger partial charge in [-0.05, 0) is 55.7 Å². The van der Waals surface area contributed by atoms with Gasteiger partial charge in [0.1, 0.15) is 19.0 Å². The van der Waals surface area contributed by atoms with Crippen LogP contribution >= 0.6 is 0 Å². The number of amides is 1. The van der Waals surface area contributed by atoms with E-state index in [0.717, 1.165) is 0 Å². The molecule has 1 fully saturated rings. The van der Waals surface area contributed by atoms with Gasteiger partial charge in [-0.25, -0.2) is 4.39 Å². The van der Waals surface area contributed by atoms with Crippen LogP contribution in [0.2, 0.25) is 0 Å². The predicted octanol–water partition coefficient (Wildman–Crippen LogP) is 3.64. The lowest BCUT2D eigenvalue weighted by Crippen LogP contribution is -2.40. The lowest BCUT2D eigenvalue weighted by molar-refractivity contribution is 0.0649. The number of aryl methyl sites for hydroxylation is 1. The molecular weight excluding hydrogens is 361 g/mol. The number of fused-ring (bicyclic) bond motifs is 1. The summed E-state index contributed by atoms with van der Waals surface area (Å²) in [5, 5.41) is 0. The molecule has 0 bridgehead atoms. The summed E-state index contributed by atoms with van der Waals surface area (Å²) in [6.45, 7) is 3.62. The zero-order chi connectivity index (χ0) is 19.7. The van der Waals surface area contributed by atoms with E-state index in [1.165, 1.54) is 6.07 Å². The highest BCUT2D eigenvalue weighted by Gasteiger charge is 2.29. The molecule has 0 aromatic heterocycles. The van der Waals surface area contributed by atoms with Crippen molar-refractivity contribution in [2.24, 2.45) is 5.92 Å². The van der Waals surface area contributed by atoms with E-state index >= 15 is 0 Å². The van der Waals surface area contributed by atoms with Crippen LogP contribution in [0.5, 0.6) is 11.5 Å². The molecule has 2 heterocycles. The van der Waals surface area contributed by atoms with Gasteiger partial charge in [0.25, 0.3) is 5.91 Å². The Kier molecular flexibility index (Phi) is 5.03. The molecule has 5 nitrogen and oxygen atoms in total. The summed E-state index contributed by atoms with van der Waals surface area (Å²) in [5.41, 5.74) is 1.47. The van der Waals surface area contributed by atoms with E-state index in [-0.39, 0.29) is 23.4 Å². The summed E-state index contributed by atoms with van der Waals surface area (Å²) in [6, 6.07) is 9.82. The summed E-state index contributed by atoms with van der Waals surface area (Å²) in [4.78, 5) is 27.2. The van der Waals surface area contributed by atoms with Gasteiger partial charge >= 0.3 is 0 Å². The predicted molar refractivity (Wildman–Crippen MR) is 102 cm³/mol. The van der Waals surface area contributed by atoms with E-state index in [0.29, 0.717) is 67.3 Å². The van der Waals surface area contributed by atoms with Crippen LogP contribution in [0.25, 0.3) is 0 Å². The Hall–Kier alpha value is -2.89. The average Bonchev–Trinajstić information content (AvgIpc) is 2.74. The number of ketones is 1. The van der Waals surface area contributed by atoms with Crippen LogP contribution in [0, 0.1) is 18.7 Å². The number of likely N-dealkylation sites (tertiary alicyclic amines) is 1. The van der Waals surface area contributed by atoms with Crippen molar-refractivity contribution in [3.63, 3.8) is 0 Å². The molecule has 2 aromatic carbocycles. The number of halogens is 1. The minimum absolute atomic E-state index is 0.0606. The fourth-order valence-electron chi connectivity index (χ4n) is 3.69. The Morgan fingerprint density at radius 2 is 1.64 bits per heavy atom. The van der Waals surface area contributed by atoms with Crippen molar-refractivity contribution >= 4 is 11.7 Å². The molecule has 6 heteroatoms. The first-order valence-corrected chi connectivity index (χ1v) is 9.52. The Labute approximate surface area is 163 Å². The quantitative estimate of drug-likeness (QED) is 0.760. The third-order valence-electron chi connectivity index (χ3n) is 5.40. The number of carbonyl (C=O) groups excluding carboxylic acids is 2. The van der Waals surface area contributed by atoms with E-state index < -0.39 is 0 Å². The highest BCUT2D eigenvalue weighted by atomic mass is 19.1. The Bertz CT molecular complexity index is 919. The van der Waals surface area contributed by atoms with Crippen molar-refractivity contribution in [2.75, 3.05) is 26.3 Å². The van der Waals surface area contributed by atoms with Gasteiger partial charge in [-0.2, -0.15) is 0 Å². The number of piperidine rings is 1. The van der Waals surface area contributed by atoms with Crippen LogP contribution in [-0.2, 0) is 0 Å². The van der Waals surface area contributed by atoms with Crippen molar-refractivity contribution < 1.29 is 23.5 Å². The number of benzene rings is 2. The molecule has 1 saturated heterocycles. The third-order valence-corrected chi connectivity index (χ3v) is 5.40. The van der Waals surface area contributed by atoms with Crippen molar-refractivity contribution in [3.8, 4) is 11.5 Å². The molecule has 0 N–H and O–H groups in total. The Morgan fingerprint density at radius 1 is 0.964 bits per heavy atom. The monoisotopic (exact) mass is 383 g/mol. The van der Waals surface area contributed by atoms with Crippen LogP contribution < -0.4 is 9.47 Å². The van der Waals surface area contributed by atoms with Crippen LogP contribution in [0.4, 0.5) is 4.39 Å². The van der Waals surface area contributed by atoms with Crippen molar-refractivity contribution in [1.29, 1.82) is 0 Å². The summed E-state index contributed by atoms with van der Waals surface area (Å²) < 4.78 is 24.8. The van der Waals surface area contributed by atoms with Gasteiger partial charge in [-0.15, -0.1) is 0 Å². The molecule has 0 unspecified atom stereocenters. The number of ether oxygens (including phenoxy) is 2. The molecule has 1 amide bonds. The second-order valence-corrected chi connectivity index (χ2v) is 7.25. The minimum Gasteiger partial charge on any atom is -0.486 e. The van der Waals surface area contributed by atoms with Crippen molar-refractivity contribution in [2.45, 2.75) is 19.8 Å². The average molecular weight is 383 g/mol.